The maximum absolute atomic E-state index is 13.5. The zero-order chi connectivity index (χ0) is 28.9. The summed E-state index contributed by atoms with van der Waals surface area (Å²) in [4.78, 5) is 29.7. The number of unbranched alkanes of at least 4 members (excludes halogenated alkanes) is 1. The smallest absolute Gasteiger partial charge is 0.253 e. The number of rotatable bonds is 9. The zero-order valence-corrected chi connectivity index (χ0v) is 24.0. The van der Waals surface area contributed by atoms with Gasteiger partial charge in [-0.2, -0.15) is 0 Å². The molecule has 0 bridgehead atoms. The van der Waals surface area contributed by atoms with Crippen LogP contribution < -0.4 is 0 Å². The zero-order valence-electron chi connectivity index (χ0n) is 24.0. The van der Waals surface area contributed by atoms with Gasteiger partial charge in [-0.05, 0) is 77.8 Å². The van der Waals surface area contributed by atoms with E-state index in [1.807, 2.05) is 36.2 Å². The van der Waals surface area contributed by atoms with Gasteiger partial charge < -0.3 is 9.80 Å². The molecule has 1 atom stereocenters. The third-order valence-electron chi connectivity index (χ3n) is 8.06. The Labute approximate surface area is 237 Å². The summed E-state index contributed by atoms with van der Waals surface area (Å²) in [6.07, 6.45) is 3.53. The monoisotopic (exact) mass is 546 g/mol. The van der Waals surface area contributed by atoms with Gasteiger partial charge in [-0.25, -0.2) is 8.78 Å². The molecule has 0 N–H and O–H groups in total. The van der Waals surface area contributed by atoms with Crippen molar-refractivity contribution < 1.29 is 18.4 Å². The maximum atomic E-state index is 13.5. The quantitative estimate of drug-likeness (QED) is 0.264. The first-order valence-electron chi connectivity index (χ1n) is 14.2. The third-order valence-corrected chi connectivity index (χ3v) is 8.06. The summed E-state index contributed by atoms with van der Waals surface area (Å²) >= 11 is 0. The van der Waals surface area contributed by atoms with Crippen LogP contribution >= 0.6 is 0 Å². The highest BCUT2D eigenvalue weighted by atomic mass is 19.1. The van der Waals surface area contributed by atoms with Crippen molar-refractivity contribution in [3.8, 4) is 0 Å². The van der Waals surface area contributed by atoms with E-state index in [-0.39, 0.29) is 40.8 Å². The van der Waals surface area contributed by atoms with E-state index in [1.54, 1.807) is 29.2 Å². The number of halogens is 2. The molecule has 1 aliphatic rings. The van der Waals surface area contributed by atoms with E-state index in [1.165, 1.54) is 29.8 Å². The third kappa shape index (κ3) is 7.35. The Kier molecular flexibility index (Phi) is 9.39. The number of hydrogen-bond donors (Lipinski definition) is 0. The van der Waals surface area contributed by atoms with Crippen LogP contribution in [-0.4, -0.2) is 47.8 Å². The van der Waals surface area contributed by atoms with E-state index in [2.05, 4.69) is 20.8 Å². The van der Waals surface area contributed by atoms with Gasteiger partial charge in [0.05, 0.1) is 6.04 Å². The van der Waals surface area contributed by atoms with Crippen molar-refractivity contribution >= 4 is 11.8 Å². The number of benzene rings is 3. The fourth-order valence-electron chi connectivity index (χ4n) is 5.47. The van der Waals surface area contributed by atoms with Crippen molar-refractivity contribution in [1.82, 2.24) is 9.80 Å². The van der Waals surface area contributed by atoms with Crippen molar-refractivity contribution in [2.75, 3.05) is 20.1 Å². The van der Waals surface area contributed by atoms with Crippen molar-refractivity contribution in [2.45, 2.75) is 70.3 Å². The standard InChI is InChI=1S/C34H40F2N2O2/c1-34(2,3)27-15-9-26(10-16-27)33(40)37(4)30-21-22-38(23-30)32(39)8-6-5-7-31(24-11-17-28(35)18-12-24)25-13-19-29(36)20-14-25/h9-20,30-31H,5-8,21-23H2,1-4H3/t30-/m0/s1. The minimum atomic E-state index is -0.290. The second-order valence-corrected chi connectivity index (χ2v) is 11.9. The minimum Gasteiger partial charge on any atom is -0.341 e. The van der Waals surface area contributed by atoms with E-state index >= 15 is 0 Å². The van der Waals surface area contributed by atoms with E-state index in [4.69, 9.17) is 0 Å². The molecule has 1 saturated heterocycles. The number of nitrogens with zero attached hydrogens (tertiary/aromatic N) is 2. The van der Waals surface area contributed by atoms with E-state index in [9.17, 15) is 18.4 Å². The molecular formula is C34H40F2N2O2. The molecule has 1 fully saturated rings. The van der Waals surface area contributed by atoms with E-state index < -0.39 is 0 Å². The Hall–Kier alpha value is -3.54. The molecule has 0 aromatic heterocycles. The first-order valence-corrected chi connectivity index (χ1v) is 14.2. The van der Waals surface area contributed by atoms with Gasteiger partial charge in [0.2, 0.25) is 5.91 Å². The van der Waals surface area contributed by atoms with Gasteiger partial charge in [0.1, 0.15) is 11.6 Å². The molecule has 0 aliphatic carbocycles. The second kappa shape index (κ2) is 12.8. The summed E-state index contributed by atoms with van der Waals surface area (Å²) in [6, 6.07) is 20.7. The van der Waals surface area contributed by atoms with Gasteiger partial charge in [-0.15, -0.1) is 0 Å². The van der Waals surface area contributed by atoms with Crippen molar-refractivity contribution in [3.63, 3.8) is 0 Å². The van der Waals surface area contributed by atoms with Crippen LogP contribution in [0.5, 0.6) is 0 Å². The van der Waals surface area contributed by atoms with E-state index in [0.717, 1.165) is 36.8 Å². The molecule has 3 aromatic carbocycles. The van der Waals surface area contributed by atoms with Crippen LogP contribution in [0.4, 0.5) is 8.78 Å². The molecule has 4 rings (SSSR count). The van der Waals surface area contributed by atoms with E-state index in [0.29, 0.717) is 25.1 Å². The van der Waals surface area contributed by atoms with Crippen LogP contribution in [-0.2, 0) is 10.2 Å². The van der Waals surface area contributed by atoms with Gasteiger partial charge in [0.25, 0.3) is 5.91 Å². The highest BCUT2D eigenvalue weighted by molar-refractivity contribution is 5.94. The van der Waals surface area contributed by atoms with Crippen LogP contribution in [0.3, 0.4) is 0 Å². The molecule has 2 amide bonds. The lowest BCUT2D eigenvalue weighted by Crippen LogP contribution is -2.40. The summed E-state index contributed by atoms with van der Waals surface area (Å²) in [5, 5.41) is 0. The Morgan fingerprint density at radius 2 is 1.43 bits per heavy atom. The number of amides is 2. The molecule has 3 aromatic rings. The fraction of sp³-hybridized carbons (Fsp3) is 0.412. The fourth-order valence-corrected chi connectivity index (χ4v) is 5.47. The normalized spacial score (nSPS) is 15.5. The number of hydrogen-bond acceptors (Lipinski definition) is 2. The molecule has 6 heteroatoms. The molecule has 0 radical (unpaired) electrons. The van der Waals surface area contributed by atoms with Crippen molar-refractivity contribution in [1.29, 1.82) is 0 Å². The summed E-state index contributed by atoms with van der Waals surface area (Å²) in [6.45, 7) is 7.65. The minimum absolute atomic E-state index is 0.0000697. The predicted octanol–water partition coefficient (Wildman–Crippen LogP) is 7.33. The SMILES string of the molecule is CN(C(=O)c1ccc(C(C)(C)C)cc1)[C@H]1CCN(C(=O)CCCCC(c2ccc(F)cc2)c2ccc(F)cc2)C1. The lowest BCUT2D eigenvalue weighted by molar-refractivity contribution is -0.130. The topological polar surface area (TPSA) is 40.6 Å². The Bertz CT molecular complexity index is 1240. The average molecular weight is 547 g/mol. The van der Waals surface area contributed by atoms with Gasteiger partial charge in [-0.3, -0.25) is 9.59 Å². The van der Waals surface area contributed by atoms with Crippen LogP contribution in [0.2, 0.25) is 0 Å². The molecule has 212 valence electrons. The number of likely N-dealkylation sites (N-methyl/N-ethyl adjacent to an activating group) is 1. The summed E-state index contributed by atoms with van der Waals surface area (Å²) in [7, 11) is 1.82. The maximum Gasteiger partial charge on any atom is 0.253 e. The first kappa shape index (κ1) is 29.4. The number of carbonyl (C=O) groups is 2. The van der Waals surface area contributed by atoms with Crippen LogP contribution in [0.15, 0.2) is 72.8 Å². The summed E-state index contributed by atoms with van der Waals surface area (Å²) in [5.74, 6) is -0.487. The summed E-state index contributed by atoms with van der Waals surface area (Å²) in [5.41, 5.74) is 3.83. The number of likely N-dealkylation sites (tertiary alicyclic amines) is 1. The Morgan fingerprint density at radius 1 is 0.875 bits per heavy atom. The lowest BCUT2D eigenvalue weighted by Gasteiger charge is -2.26. The highest BCUT2D eigenvalue weighted by Gasteiger charge is 2.31. The predicted molar refractivity (Wildman–Crippen MR) is 155 cm³/mol. The second-order valence-electron chi connectivity index (χ2n) is 11.9. The lowest BCUT2D eigenvalue weighted by atomic mass is 9.86. The average Bonchev–Trinajstić information content (AvgIpc) is 3.44. The van der Waals surface area contributed by atoms with Gasteiger partial charge in [0, 0.05) is 38.0 Å². The molecule has 4 nitrogen and oxygen atoms in total. The molecule has 1 aliphatic heterocycles. The van der Waals surface area contributed by atoms with Gasteiger partial charge in [0.15, 0.2) is 0 Å². The first-order chi connectivity index (χ1) is 19.0. The number of carbonyl (C=O) groups excluding carboxylic acids is 2. The Morgan fingerprint density at radius 3 is 1.95 bits per heavy atom. The highest BCUT2D eigenvalue weighted by Crippen LogP contribution is 2.31. The summed E-state index contributed by atoms with van der Waals surface area (Å²) < 4.78 is 27.0. The molecule has 0 spiro atoms. The van der Waals surface area contributed by atoms with Crippen molar-refractivity contribution in [2.24, 2.45) is 0 Å². The van der Waals surface area contributed by atoms with Gasteiger partial charge >= 0.3 is 0 Å². The molecule has 1 heterocycles. The van der Waals surface area contributed by atoms with Crippen LogP contribution in [0.1, 0.15) is 85.8 Å². The molecule has 0 saturated carbocycles. The molecule has 40 heavy (non-hydrogen) atoms. The molecular weight excluding hydrogens is 506 g/mol. The van der Waals surface area contributed by atoms with Crippen LogP contribution in [0.25, 0.3) is 0 Å². The van der Waals surface area contributed by atoms with Crippen molar-refractivity contribution in [3.05, 3.63) is 107 Å². The van der Waals surface area contributed by atoms with Crippen LogP contribution in [0, 0.1) is 11.6 Å². The Balaban J connectivity index is 1.28. The molecule has 0 unspecified atom stereocenters. The van der Waals surface area contributed by atoms with Gasteiger partial charge in [-0.1, -0.05) is 63.6 Å². The largest absolute Gasteiger partial charge is 0.341 e.